The third-order valence-electron chi connectivity index (χ3n) is 2.62. The number of sulfonamides is 1. The maximum absolute atomic E-state index is 12.1. The summed E-state index contributed by atoms with van der Waals surface area (Å²) in [6.45, 7) is 1.64. The van der Waals surface area contributed by atoms with Crippen LogP contribution < -0.4 is 4.72 Å². The molecular weight excluding hydrogens is 252 g/mol. The van der Waals surface area contributed by atoms with E-state index in [-0.39, 0.29) is 18.0 Å². The number of nitrogens with one attached hydrogen (secondary N) is 1. The quantitative estimate of drug-likeness (QED) is 0.858. The highest BCUT2D eigenvalue weighted by atomic mass is 32.2. The van der Waals surface area contributed by atoms with Gasteiger partial charge in [-0.15, -0.1) is 0 Å². The second kappa shape index (κ2) is 5.01. The molecule has 0 saturated carbocycles. The van der Waals surface area contributed by atoms with Gasteiger partial charge >= 0.3 is 0 Å². The molecule has 0 aliphatic carbocycles. The zero-order valence-corrected chi connectivity index (χ0v) is 10.7. The van der Waals surface area contributed by atoms with Crippen LogP contribution >= 0.6 is 0 Å². The summed E-state index contributed by atoms with van der Waals surface area (Å²) in [4.78, 5) is 4.38. The summed E-state index contributed by atoms with van der Waals surface area (Å²) in [5, 5.41) is 9.28. The first-order valence-corrected chi connectivity index (χ1v) is 6.99. The van der Waals surface area contributed by atoms with Crippen LogP contribution in [0.4, 0.5) is 0 Å². The van der Waals surface area contributed by atoms with E-state index < -0.39 is 10.0 Å². The van der Waals surface area contributed by atoms with E-state index in [2.05, 4.69) is 9.71 Å². The molecule has 0 radical (unpaired) electrons. The zero-order valence-electron chi connectivity index (χ0n) is 9.92. The maximum Gasteiger partial charge on any atom is 0.241 e. The Morgan fingerprint density at radius 3 is 2.83 bits per heavy atom. The molecule has 1 heterocycles. The van der Waals surface area contributed by atoms with E-state index in [1.807, 2.05) is 6.92 Å². The SMILES string of the molecule is Cc1ccc(S(=O)(=O)NCCO)c2cccnc12. The predicted octanol–water partition coefficient (Wildman–Crippen LogP) is 0.814. The first-order chi connectivity index (χ1) is 8.56. The van der Waals surface area contributed by atoms with Crippen molar-refractivity contribution in [3.63, 3.8) is 0 Å². The molecule has 0 unspecified atom stereocenters. The Bertz CT molecular complexity index is 668. The number of benzene rings is 1. The normalized spacial score (nSPS) is 11.9. The van der Waals surface area contributed by atoms with Gasteiger partial charge in [0.25, 0.3) is 0 Å². The Morgan fingerprint density at radius 2 is 2.11 bits per heavy atom. The third kappa shape index (κ3) is 2.35. The summed E-state index contributed by atoms with van der Waals surface area (Å²) in [6, 6.07) is 6.71. The Morgan fingerprint density at radius 1 is 1.33 bits per heavy atom. The van der Waals surface area contributed by atoms with Gasteiger partial charge in [0.15, 0.2) is 0 Å². The topological polar surface area (TPSA) is 79.3 Å². The minimum atomic E-state index is -3.62. The van der Waals surface area contributed by atoms with Crippen molar-refractivity contribution < 1.29 is 13.5 Å². The van der Waals surface area contributed by atoms with E-state index in [0.29, 0.717) is 10.9 Å². The van der Waals surface area contributed by atoms with Crippen LogP contribution in [0.2, 0.25) is 0 Å². The fraction of sp³-hybridized carbons (Fsp3) is 0.250. The summed E-state index contributed by atoms with van der Waals surface area (Å²) >= 11 is 0. The number of rotatable bonds is 4. The van der Waals surface area contributed by atoms with Gasteiger partial charge in [0.2, 0.25) is 10.0 Å². The van der Waals surface area contributed by atoms with Crippen LogP contribution in [0.1, 0.15) is 5.56 Å². The lowest BCUT2D eigenvalue weighted by Gasteiger charge is -2.09. The Kier molecular flexibility index (Phi) is 3.60. The van der Waals surface area contributed by atoms with Gasteiger partial charge in [0.1, 0.15) is 0 Å². The Balaban J connectivity index is 2.62. The summed E-state index contributed by atoms with van der Waals surface area (Å²) < 4.78 is 26.5. The average Bonchev–Trinajstić information content (AvgIpc) is 2.37. The molecule has 18 heavy (non-hydrogen) atoms. The van der Waals surface area contributed by atoms with E-state index >= 15 is 0 Å². The molecule has 5 nitrogen and oxygen atoms in total. The molecule has 0 atom stereocenters. The molecule has 96 valence electrons. The van der Waals surface area contributed by atoms with Crippen molar-refractivity contribution in [1.29, 1.82) is 0 Å². The van der Waals surface area contributed by atoms with Crippen LogP contribution in [0, 0.1) is 6.92 Å². The lowest BCUT2D eigenvalue weighted by Crippen LogP contribution is -2.26. The Hall–Kier alpha value is -1.50. The van der Waals surface area contributed by atoms with Crippen molar-refractivity contribution in [2.75, 3.05) is 13.2 Å². The van der Waals surface area contributed by atoms with Gasteiger partial charge in [-0.05, 0) is 30.7 Å². The number of fused-ring (bicyclic) bond motifs is 1. The molecule has 1 aromatic carbocycles. The van der Waals surface area contributed by atoms with Gasteiger partial charge in [-0.2, -0.15) is 0 Å². The van der Waals surface area contributed by atoms with Crippen LogP contribution in [-0.2, 0) is 10.0 Å². The van der Waals surface area contributed by atoms with E-state index in [1.165, 1.54) is 0 Å². The fourth-order valence-electron chi connectivity index (χ4n) is 1.78. The average molecular weight is 266 g/mol. The highest BCUT2D eigenvalue weighted by molar-refractivity contribution is 7.89. The number of hydrogen-bond acceptors (Lipinski definition) is 4. The number of nitrogens with zero attached hydrogens (tertiary/aromatic N) is 1. The third-order valence-corrected chi connectivity index (χ3v) is 4.14. The standard InChI is InChI=1S/C12H14N2O3S/c1-9-4-5-11(18(16,17)14-7-8-15)10-3-2-6-13-12(9)10/h2-6,14-15H,7-8H2,1H3. The zero-order chi connectivity index (χ0) is 13.2. The van der Waals surface area contributed by atoms with Crippen LogP contribution in [-0.4, -0.2) is 31.7 Å². The van der Waals surface area contributed by atoms with E-state index in [9.17, 15) is 8.42 Å². The van der Waals surface area contributed by atoms with Crippen LogP contribution in [0.5, 0.6) is 0 Å². The lowest BCUT2D eigenvalue weighted by atomic mass is 10.1. The molecule has 0 saturated heterocycles. The largest absolute Gasteiger partial charge is 0.395 e. The summed E-state index contributed by atoms with van der Waals surface area (Å²) in [5.74, 6) is 0. The van der Waals surface area contributed by atoms with Crippen molar-refractivity contribution in [2.45, 2.75) is 11.8 Å². The second-order valence-electron chi connectivity index (χ2n) is 3.90. The highest BCUT2D eigenvalue weighted by Gasteiger charge is 2.17. The second-order valence-corrected chi connectivity index (χ2v) is 5.64. The fourth-order valence-corrected chi connectivity index (χ4v) is 3.00. The van der Waals surface area contributed by atoms with E-state index in [1.54, 1.807) is 30.5 Å². The number of aromatic nitrogens is 1. The van der Waals surface area contributed by atoms with Gasteiger partial charge < -0.3 is 5.11 Å². The number of aliphatic hydroxyl groups is 1. The Labute approximate surface area is 106 Å². The first kappa shape index (κ1) is 12.9. The van der Waals surface area contributed by atoms with E-state index in [4.69, 9.17) is 5.11 Å². The molecule has 2 N–H and O–H groups in total. The van der Waals surface area contributed by atoms with Crippen molar-refractivity contribution >= 4 is 20.9 Å². The van der Waals surface area contributed by atoms with Gasteiger partial charge in [0.05, 0.1) is 17.0 Å². The molecule has 0 spiro atoms. The number of hydrogen-bond donors (Lipinski definition) is 2. The summed E-state index contributed by atoms with van der Waals surface area (Å²) in [7, 11) is -3.62. The summed E-state index contributed by atoms with van der Waals surface area (Å²) in [5.41, 5.74) is 1.59. The summed E-state index contributed by atoms with van der Waals surface area (Å²) in [6.07, 6.45) is 1.63. The van der Waals surface area contributed by atoms with Gasteiger partial charge in [-0.25, -0.2) is 13.1 Å². The molecule has 0 amide bonds. The number of aryl methyl sites for hydroxylation is 1. The van der Waals surface area contributed by atoms with Crippen molar-refractivity contribution in [3.8, 4) is 0 Å². The molecule has 2 rings (SSSR count). The predicted molar refractivity (Wildman–Crippen MR) is 68.8 cm³/mol. The highest BCUT2D eigenvalue weighted by Crippen LogP contribution is 2.23. The molecule has 0 bridgehead atoms. The monoisotopic (exact) mass is 266 g/mol. The van der Waals surface area contributed by atoms with Crippen molar-refractivity contribution in [2.24, 2.45) is 0 Å². The van der Waals surface area contributed by atoms with Crippen molar-refractivity contribution in [1.82, 2.24) is 9.71 Å². The lowest BCUT2D eigenvalue weighted by molar-refractivity contribution is 0.301. The molecule has 1 aromatic heterocycles. The minimum Gasteiger partial charge on any atom is -0.395 e. The van der Waals surface area contributed by atoms with Crippen molar-refractivity contribution in [3.05, 3.63) is 36.0 Å². The maximum atomic E-state index is 12.1. The van der Waals surface area contributed by atoms with Gasteiger partial charge in [-0.1, -0.05) is 6.07 Å². The van der Waals surface area contributed by atoms with E-state index in [0.717, 1.165) is 5.56 Å². The van der Waals surface area contributed by atoms with Gasteiger partial charge in [0, 0.05) is 18.1 Å². The molecule has 0 aliphatic rings. The molecule has 6 heteroatoms. The smallest absolute Gasteiger partial charge is 0.241 e. The molecule has 0 fully saturated rings. The number of aliphatic hydroxyl groups excluding tert-OH is 1. The first-order valence-electron chi connectivity index (χ1n) is 5.51. The minimum absolute atomic E-state index is 0.00202. The van der Waals surface area contributed by atoms with Crippen LogP contribution in [0.25, 0.3) is 10.9 Å². The molecule has 0 aliphatic heterocycles. The van der Waals surface area contributed by atoms with Gasteiger partial charge in [-0.3, -0.25) is 4.98 Å². The number of pyridine rings is 1. The molecule has 2 aromatic rings. The van der Waals surface area contributed by atoms with Crippen LogP contribution in [0.15, 0.2) is 35.4 Å². The molecular formula is C12H14N2O3S. The van der Waals surface area contributed by atoms with Crippen LogP contribution in [0.3, 0.4) is 0 Å².